The van der Waals surface area contributed by atoms with Gasteiger partial charge in [-0.05, 0) is 36.8 Å². The molecule has 0 aromatic heterocycles. The largest absolute Gasteiger partial charge is 0.394 e. The molecule has 11 nitrogen and oxygen atoms in total. The molecular weight excluding hydrogens is 538 g/mol. The first-order valence-corrected chi connectivity index (χ1v) is 14.6. The maximum atomic E-state index is 13.9. The van der Waals surface area contributed by atoms with Crippen molar-refractivity contribution in [1.82, 2.24) is 25.8 Å². The average molecular weight is 576 g/mol. The van der Waals surface area contributed by atoms with Crippen LogP contribution in [0.15, 0.2) is 60.7 Å². The highest BCUT2D eigenvalue weighted by molar-refractivity contribution is 5.98. The molecule has 0 bridgehead atoms. The van der Waals surface area contributed by atoms with Gasteiger partial charge in [0.05, 0.1) is 6.61 Å². The Morgan fingerprint density at radius 1 is 0.595 bits per heavy atom. The summed E-state index contributed by atoms with van der Waals surface area (Å²) in [5, 5.41) is 18.3. The second kappa shape index (κ2) is 13.2. The van der Waals surface area contributed by atoms with Gasteiger partial charge in [0.1, 0.15) is 30.2 Å². The van der Waals surface area contributed by atoms with Crippen LogP contribution < -0.4 is 16.0 Å². The number of rotatable bonds is 5. The van der Waals surface area contributed by atoms with E-state index in [4.69, 9.17) is 0 Å². The third-order valence-electron chi connectivity index (χ3n) is 8.29. The molecule has 2 aromatic carbocycles. The van der Waals surface area contributed by atoms with E-state index in [0.717, 1.165) is 11.1 Å². The first-order valence-electron chi connectivity index (χ1n) is 14.6. The van der Waals surface area contributed by atoms with Gasteiger partial charge in [0.15, 0.2) is 0 Å². The molecule has 5 amide bonds. The number of nitrogens with zero attached hydrogens (tertiary/aromatic N) is 2. The van der Waals surface area contributed by atoms with Crippen molar-refractivity contribution >= 4 is 29.5 Å². The number of aliphatic hydroxyl groups excluding tert-OH is 1. The Balaban J connectivity index is 1.50. The monoisotopic (exact) mass is 575 g/mol. The van der Waals surface area contributed by atoms with Crippen LogP contribution in [0.5, 0.6) is 0 Å². The van der Waals surface area contributed by atoms with E-state index in [9.17, 15) is 29.1 Å². The van der Waals surface area contributed by atoms with Crippen LogP contribution in [0.2, 0.25) is 0 Å². The molecule has 3 heterocycles. The van der Waals surface area contributed by atoms with Crippen LogP contribution in [0.3, 0.4) is 0 Å². The molecule has 5 atom stereocenters. The molecule has 5 rings (SSSR count). The molecule has 3 aliphatic heterocycles. The zero-order valence-electron chi connectivity index (χ0n) is 23.4. The second-order valence-electron chi connectivity index (χ2n) is 11.1. The van der Waals surface area contributed by atoms with Gasteiger partial charge in [0, 0.05) is 25.9 Å². The average Bonchev–Trinajstić information content (AvgIpc) is 3.70. The second-order valence-corrected chi connectivity index (χ2v) is 11.1. The number of nitrogens with one attached hydrogen (secondary N) is 3. The summed E-state index contributed by atoms with van der Waals surface area (Å²) < 4.78 is 0. The van der Waals surface area contributed by atoms with E-state index in [1.807, 2.05) is 60.7 Å². The summed E-state index contributed by atoms with van der Waals surface area (Å²) in [4.78, 5) is 71.2. The van der Waals surface area contributed by atoms with Gasteiger partial charge in [-0.15, -0.1) is 0 Å². The summed E-state index contributed by atoms with van der Waals surface area (Å²) in [5.41, 5.74) is 1.64. The Morgan fingerprint density at radius 3 is 1.43 bits per heavy atom. The molecule has 4 N–H and O–H groups in total. The molecule has 0 spiro atoms. The third-order valence-corrected chi connectivity index (χ3v) is 8.29. The van der Waals surface area contributed by atoms with E-state index >= 15 is 0 Å². The number of carbonyl (C=O) groups is 5. The van der Waals surface area contributed by atoms with Crippen molar-refractivity contribution in [3.63, 3.8) is 0 Å². The molecule has 222 valence electrons. The molecule has 0 radical (unpaired) electrons. The first-order chi connectivity index (χ1) is 20.4. The maximum absolute atomic E-state index is 13.9. The van der Waals surface area contributed by atoms with Gasteiger partial charge in [-0.2, -0.15) is 0 Å². The van der Waals surface area contributed by atoms with Gasteiger partial charge >= 0.3 is 0 Å². The minimum absolute atomic E-state index is 0.161. The van der Waals surface area contributed by atoms with Gasteiger partial charge in [-0.3, -0.25) is 24.0 Å². The molecule has 11 heteroatoms. The van der Waals surface area contributed by atoms with E-state index in [1.165, 1.54) is 9.80 Å². The summed E-state index contributed by atoms with van der Waals surface area (Å²) in [5.74, 6) is -2.56. The van der Waals surface area contributed by atoms with Gasteiger partial charge in [0.2, 0.25) is 29.5 Å². The van der Waals surface area contributed by atoms with Crippen molar-refractivity contribution in [1.29, 1.82) is 0 Å². The molecule has 2 aromatic rings. The highest BCUT2D eigenvalue weighted by atomic mass is 16.3. The summed E-state index contributed by atoms with van der Waals surface area (Å²) in [6.07, 6.45) is 2.35. The van der Waals surface area contributed by atoms with Gasteiger partial charge < -0.3 is 30.9 Å². The van der Waals surface area contributed by atoms with Gasteiger partial charge in [0.25, 0.3) is 0 Å². The summed E-state index contributed by atoms with van der Waals surface area (Å²) in [7, 11) is 0. The lowest BCUT2D eigenvalue weighted by Crippen LogP contribution is -2.58. The Hall–Kier alpha value is -4.25. The fourth-order valence-corrected chi connectivity index (χ4v) is 6.11. The topological polar surface area (TPSA) is 148 Å². The minimum atomic E-state index is -1.32. The molecule has 0 unspecified atom stereocenters. The van der Waals surface area contributed by atoms with Crippen molar-refractivity contribution in [3.8, 4) is 0 Å². The number of fused-ring (bicyclic) bond motifs is 2. The van der Waals surface area contributed by atoms with Gasteiger partial charge in [-0.25, -0.2) is 0 Å². The molecule has 0 saturated carbocycles. The summed E-state index contributed by atoms with van der Waals surface area (Å²) in [6, 6.07) is 13.5. The number of hydrogen-bond donors (Lipinski definition) is 4. The normalized spacial score (nSPS) is 27.4. The van der Waals surface area contributed by atoms with Gasteiger partial charge in [-0.1, -0.05) is 60.7 Å². The van der Waals surface area contributed by atoms with Crippen LogP contribution in [0, 0.1) is 0 Å². The predicted molar refractivity (Wildman–Crippen MR) is 153 cm³/mol. The van der Waals surface area contributed by atoms with Crippen molar-refractivity contribution in [2.24, 2.45) is 0 Å². The standard InChI is InChI=1S/C31H37N5O6/c37-19-24-27(38)32-22(17-20-9-3-1-4-10-20)30(41)35-15-7-13-25(35)28(39)33-23(18-21-11-5-2-6-12-21)31(42)36-16-8-14-26(36)29(40)34-24/h1-6,9-12,22-26,37H,7-8,13-19H2,(H,32,38)(H,33,39)(H,34,40)/t22-,23-,24-,25-,26-/m0/s1. The molecular formula is C31H37N5O6. The van der Waals surface area contributed by atoms with Crippen molar-refractivity contribution in [3.05, 3.63) is 71.8 Å². The van der Waals surface area contributed by atoms with Crippen molar-refractivity contribution < 1.29 is 29.1 Å². The lowest BCUT2D eigenvalue weighted by atomic mass is 10.0. The van der Waals surface area contributed by atoms with Crippen LogP contribution in [0.4, 0.5) is 0 Å². The van der Waals surface area contributed by atoms with E-state index in [-0.39, 0.29) is 12.8 Å². The summed E-state index contributed by atoms with van der Waals surface area (Å²) in [6.45, 7) is -0.0432. The SMILES string of the molecule is O=C1N[C@@H](Cc2ccccc2)C(=O)N2CCC[C@H]2C(=O)N[C@@H](Cc2ccccc2)C(=O)N2CCC[C@H]2C(=O)N[C@H]1CO. The molecule has 42 heavy (non-hydrogen) atoms. The maximum Gasteiger partial charge on any atom is 0.246 e. The van der Waals surface area contributed by atoms with E-state index in [0.29, 0.717) is 38.8 Å². The first kappa shape index (κ1) is 29.2. The number of aliphatic hydroxyl groups is 1. The van der Waals surface area contributed by atoms with Crippen LogP contribution in [0.25, 0.3) is 0 Å². The molecule has 0 aliphatic carbocycles. The smallest absolute Gasteiger partial charge is 0.246 e. The number of benzene rings is 2. The Kier molecular flexibility index (Phi) is 9.16. The lowest BCUT2D eigenvalue weighted by molar-refractivity contribution is -0.143. The quantitative estimate of drug-likeness (QED) is 0.392. The van der Waals surface area contributed by atoms with E-state index in [2.05, 4.69) is 16.0 Å². The fraction of sp³-hybridized carbons (Fsp3) is 0.452. The number of hydrogen-bond acceptors (Lipinski definition) is 6. The predicted octanol–water partition coefficient (Wildman–Crippen LogP) is -0.0859. The fourth-order valence-electron chi connectivity index (χ4n) is 6.11. The van der Waals surface area contributed by atoms with Crippen LogP contribution >= 0.6 is 0 Å². The van der Waals surface area contributed by atoms with Crippen LogP contribution in [-0.4, -0.2) is 94.3 Å². The highest BCUT2D eigenvalue weighted by Gasteiger charge is 2.43. The number of carbonyl (C=O) groups excluding carboxylic acids is 5. The van der Waals surface area contributed by atoms with Crippen molar-refractivity contribution in [2.45, 2.75) is 68.7 Å². The number of amides is 5. The highest BCUT2D eigenvalue weighted by Crippen LogP contribution is 2.23. The Morgan fingerprint density at radius 2 is 1.00 bits per heavy atom. The van der Waals surface area contributed by atoms with Crippen LogP contribution in [-0.2, 0) is 36.8 Å². The molecule has 3 aliphatic rings. The zero-order valence-corrected chi connectivity index (χ0v) is 23.4. The minimum Gasteiger partial charge on any atom is -0.394 e. The Labute approximate surface area is 244 Å². The summed E-state index contributed by atoms with van der Waals surface area (Å²) >= 11 is 0. The van der Waals surface area contributed by atoms with E-state index < -0.39 is 66.4 Å². The molecule has 3 fully saturated rings. The van der Waals surface area contributed by atoms with E-state index in [1.54, 1.807) is 0 Å². The van der Waals surface area contributed by atoms with Crippen LogP contribution in [0.1, 0.15) is 36.8 Å². The Bertz CT molecular complexity index is 1310. The third kappa shape index (κ3) is 6.46. The van der Waals surface area contributed by atoms with Crippen molar-refractivity contribution in [2.75, 3.05) is 19.7 Å². The zero-order chi connectivity index (χ0) is 29.6. The molecule has 3 saturated heterocycles. The lowest BCUT2D eigenvalue weighted by Gasteiger charge is -2.31.